The van der Waals surface area contributed by atoms with Crippen molar-refractivity contribution in [2.24, 2.45) is 0 Å². The summed E-state index contributed by atoms with van der Waals surface area (Å²) in [6.07, 6.45) is 3.80. The maximum Gasteiger partial charge on any atom is 0.269 e. The number of anilines is 1. The monoisotopic (exact) mass is 598 g/mol. The maximum absolute atomic E-state index is 13.7. The van der Waals surface area contributed by atoms with Gasteiger partial charge in [0.05, 0.1) is 21.7 Å². The standard InChI is InChI=1S/C31H23BrN2O4S/c1-2-38-30-17-8-21(19-28(30)32)18-23-20-29(22-6-4-3-5-7-22)33(31(23)35)24-9-13-26(14-10-24)39-27-15-11-25(12-16-27)34(36)37/h3-20H,2H2,1H3/b23-18+. The average molecular weight is 600 g/mol. The summed E-state index contributed by atoms with van der Waals surface area (Å²) < 4.78 is 6.44. The molecular formula is C31H23BrN2O4S. The Labute approximate surface area is 238 Å². The molecule has 4 aromatic rings. The maximum atomic E-state index is 13.7. The molecule has 0 unspecified atom stereocenters. The number of benzene rings is 4. The number of hydrogen-bond acceptors (Lipinski definition) is 5. The fourth-order valence-electron chi connectivity index (χ4n) is 4.19. The second kappa shape index (κ2) is 11.7. The van der Waals surface area contributed by atoms with Gasteiger partial charge in [0.15, 0.2) is 0 Å². The van der Waals surface area contributed by atoms with Crippen LogP contribution in [0.5, 0.6) is 5.75 Å². The van der Waals surface area contributed by atoms with Gasteiger partial charge in [-0.25, -0.2) is 0 Å². The van der Waals surface area contributed by atoms with Crippen molar-refractivity contribution in [2.45, 2.75) is 16.7 Å². The Morgan fingerprint density at radius 3 is 2.23 bits per heavy atom. The van der Waals surface area contributed by atoms with Gasteiger partial charge in [0.25, 0.3) is 11.6 Å². The van der Waals surface area contributed by atoms with Crippen LogP contribution in [0, 0.1) is 10.1 Å². The summed E-state index contributed by atoms with van der Waals surface area (Å²) >= 11 is 5.05. The van der Waals surface area contributed by atoms with Crippen LogP contribution in [0.15, 0.2) is 123 Å². The van der Waals surface area contributed by atoms with E-state index in [1.165, 1.54) is 23.9 Å². The Morgan fingerprint density at radius 2 is 1.62 bits per heavy atom. The Morgan fingerprint density at radius 1 is 0.949 bits per heavy atom. The molecule has 194 valence electrons. The largest absolute Gasteiger partial charge is 0.493 e. The topological polar surface area (TPSA) is 72.7 Å². The third-order valence-electron chi connectivity index (χ3n) is 6.01. The third kappa shape index (κ3) is 5.97. The fraction of sp³-hybridized carbons (Fsp3) is 0.0645. The normalized spacial score (nSPS) is 14.0. The molecule has 0 atom stereocenters. The zero-order valence-electron chi connectivity index (χ0n) is 20.9. The van der Waals surface area contributed by atoms with Crippen LogP contribution in [0.25, 0.3) is 11.8 Å². The molecule has 5 rings (SSSR count). The van der Waals surface area contributed by atoms with Gasteiger partial charge in [-0.15, -0.1) is 0 Å². The minimum Gasteiger partial charge on any atom is -0.493 e. The molecule has 0 aromatic heterocycles. The van der Waals surface area contributed by atoms with E-state index in [1.807, 2.05) is 91.9 Å². The lowest BCUT2D eigenvalue weighted by Gasteiger charge is -2.21. The number of nitrogens with zero attached hydrogens (tertiary/aromatic N) is 2. The summed E-state index contributed by atoms with van der Waals surface area (Å²) in [5, 5.41) is 10.9. The lowest BCUT2D eigenvalue weighted by atomic mass is 10.1. The molecule has 0 saturated carbocycles. The summed E-state index contributed by atoms with van der Waals surface area (Å²) in [5.74, 6) is 0.640. The van der Waals surface area contributed by atoms with Gasteiger partial charge in [0.2, 0.25) is 0 Å². The van der Waals surface area contributed by atoms with Crippen molar-refractivity contribution in [3.8, 4) is 5.75 Å². The molecule has 0 saturated heterocycles. The van der Waals surface area contributed by atoms with Gasteiger partial charge in [0.1, 0.15) is 5.75 Å². The highest BCUT2D eigenvalue weighted by molar-refractivity contribution is 9.10. The van der Waals surface area contributed by atoms with Crippen molar-refractivity contribution < 1.29 is 14.5 Å². The number of hydrogen-bond donors (Lipinski definition) is 0. The van der Waals surface area contributed by atoms with Crippen LogP contribution in [-0.4, -0.2) is 17.4 Å². The van der Waals surface area contributed by atoms with Gasteiger partial charge in [0, 0.05) is 33.2 Å². The molecule has 0 spiro atoms. The summed E-state index contributed by atoms with van der Waals surface area (Å²) in [7, 11) is 0. The highest BCUT2D eigenvalue weighted by Crippen LogP contribution is 2.37. The Hall–Kier alpha value is -4.14. The van der Waals surface area contributed by atoms with E-state index in [0.29, 0.717) is 12.2 Å². The predicted molar refractivity (Wildman–Crippen MR) is 159 cm³/mol. The number of ether oxygens (including phenoxy) is 1. The van der Waals surface area contributed by atoms with E-state index < -0.39 is 4.92 Å². The molecule has 39 heavy (non-hydrogen) atoms. The lowest BCUT2D eigenvalue weighted by Crippen LogP contribution is -2.24. The van der Waals surface area contributed by atoms with Crippen molar-refractivity contribution in [1.29, 1.82) is 0 Å². The molecule has 1 aliphatic heterocycles. The molecule has 4 aromatic carbocycles. The molecule has 6 nitrogen and oxygen atoms in total. The highest BCUT2D eigenvalue weighted by atomic mass is 79.9. The number of nitro benzene ring substituents is 1. The fourth-order valence-corrected chi connectivity index (χ4v) is 5.51. The van der Waals surface area contributed by atoms with Gasteiger partial charge < -0.3 is 4.74 Å². The van der Waals surface area contributed by atoms with E-state index in [1.54, 1.807) is 17.0 Å². The average Bonchev–Trinajstić information content (AvgIpc) is 3.27. The first-order valence-electron chi connectivity index (χ1n) is 12.2. The zero-order chi connectivity index (χ0) is 27.4. The molecular weight excluding hydrogens is 576 g/mol. The smallest absolute Gasteiger partial charge is 0.269 e. The molecule has 1 heterocycles. The second-order valence-corrected chi connectivity index (χ2v) is 10.6. The van der Waals surface area contributed by atoms with Crippen LogP contribution in [0.3, 0.4) is 0 Å². The van der Waals surface area contributed by atoms with Gasteiger partial charge in [-0.3, -0.25) is 19.8 Å². The number of rotatable bonds is 8. The summed E-state index contributed by atoms with van der Waals surface area (Å²) in [6, 6.07) is 29.8. The van der Waals surface area contributed by atoms with E-state index in [-0.39, 0.29) is 11.6 Å². The first kappa shape index (κ1) is 26.5. The van der Waals surface area contributed by atoms with E-state index in [0.717, 1.165) is 42.5 Å². The minimum absolute atomic E-state index is 0.0592. The van der Waals surface area contributed by atoms with E-state index in [2.05, 4.69) is 15.9 Å². The number of non-ortho nitro benzene ring substituents is 1. The van der Waals surface area contributed by atoms with Gasteiger partial charge in [-0.05, 0) is 94.7 Å². The van der Waals surface area contributed by atoms with Gasteiger partial charge in [-0.2, -0.15) is 0 Å². The SMILES string of the molecule is CCOc1ccc(/C=C2\C=C(c3ccccc3)N(c3ccc(Sc4ccc([N+](=O)[O-])cc4)cc3)C2=O)cc1Br. The quantitative estimate of drug-likeness (QED) is 0.116. The summed E-state index contributed by atoms with van der Waals surface area (Å²) in [5.41, 5.74) is 4.01. The van der Waals surface area contributed by atoms with Crippen molar-refractivity contribution in [2.75, 3.05) is 11.5 Å². The summed E-state index contributed by atoms with van der Waals surface area (Å²) in [4.78, 5) is 27.8. The van der Waals surface area contributed by atoms with Crippen molar-refractivity contribution >= 4 is 56.7 Å². The van der Waals surface area contributed by atoms with Crippen molar-refractivity contribution in [1.82, 2.24) is 0 Å². The summed E-state index contributed by atoms with van der Waals surface area (Å²) in [6.45, 7) is 2.51. The predicted octanol–water partition coefficient (Wildman–Crippen LogP) is 8.38. The number of halogens is 1. The molecule has 0 aliphatic carbocycles. The Kier molecular flexibility index (Phi) is 7.95. The number of amides is 1. The highest BCUT2D eigenvalue weighted by Gasteiger charge is 2.30. The minimum atomic E-state index is -0.411. The Bertz CT molecular complexity index is 1580. The van der Waals surface area contributed by atoms with Crippen LogP contribution < -0.4 is 9.64 Å². The number of carbonyl (C=O) groups excluding carboxylic acids is 1. The van der Waals surface area contributed by atoms with Crippen LogP contribution in [0.2, 0.25) is 0 Å². The van der Waals surface area contributed by atoms with E-state index >= 15 is 0 Å². The number of carbonyl (C=O) groups is 1. The molecule has 0 radical (unpaired) electrons. The van der Waals surface area contributed by atoms with E-state index in [9.17, 15) is 14.9 Å². The Balaban J connectivity index is 1.44. The molecule has 1 amide bonds. The van der Waals surface area contributed by atoms with Gasteiger partial charge in [-0.1, -0.05) is 48.2 Å². The molecule has 0 fully saturated rings. The zero-order valence-corrected chi connectivity index (χ0v) is 23.3. The van der Waals surface area contributed by atoms with Crippen molar-refractivity contribution in [3.63, 3.8) is 0 Å². The van der Waals surface area contributed by atoms with Crippen LogP contribution in [-0.2, 0) is 4.79 Å². The van der Waals surface area contributed by atoms with Gasteiger partial charge >= 0.3 is 0 Å². The van der Waals surface area contributed by atoms with Crippen LogP contribution in [0.4, 0.5) is 11.4 Å². The lowest BCUT2D eigenvalue weighted by molar-refractivity contribution is -0.384. The molecule has 0 N–H and O–H groups in total. The second-order valence-electron chi connectivity index (χ2n) is 8.61. The first-order valence-corrected chi connectivity index (χ1v) is 13.8. The van der Waals surface area contributed by atoms with Crippen molar-refractivity contribution in [3.05, 3.63) is 134 Å². The third-order valence-corrected chi connectivity index (χ3v) is 7.64. The van der Waals surface area contributed by atoms with Crippen LogP contribution in [0.1, 0.15) is 18.1 Å². The van der Waals surface area contributed by atoms with E-state index in [4.69, 9.17) is 4.74 Å². The molecule has 1 aliphatic rings. The molecule has 0 bridgehead atoms. The first-order chi connectivity index (χ1) is 18.9. The number of nitro groups is 1. The van der Waals surface area contributed by atoms with Crippen LogP contribution >= 0.6 is 27.7 Å². The molecule has 8 heteroatoms.